The van der Waals surface area contributed by atoms with Crippen LogP contribution in [0.4, 0.5) is 0 Å². The molecule has 0 amide bonds. The van der Waals surface area contributed by atoms with Crippen LogP contribution < -0.4 is 14.8 Å². The van der Waals surface area contributed by atoms with Crippen LogP contribution in [0.3, 0.4) is 0 Å². The highest BCUT2D eigenvalue weighted by Crippen LogP contribution is 2.41. The van der Waals surface area contributed by atoms with Gasteiger partial charge < -0.3 is 19.5 Å². The van der Waals surface area contributed by atoms with Crippen LogP contribution in [0.1, 0.15) is 19.4 Å². The van der Waals surface area contributed by atoms with Gasteiger partial charge in [-0.2, -0.15) is 0 Å². The summed E-state index contributed by atoms with van der Waals surface area (Å²) in [5.74, 6) is 1.75. The number of hydrogen-bond donors (Lipinski definition) is 1. The Labute approximate surface area is 115 Å². The second-order valence-corrected chi connectivity index (χ2v) is 5.37. The molecule has 106 valence electrons. The van der Waals surface area contributed by atoms with E-state index in [0.717, 1.165) is 37.6 Å². The lowest BCUT2D eigenvalue weighted by molar-refractivity contribution is 0.132. The molecule has 1 aliphatic heterocycles. The molecule has 0 radical (unpaired) electrons. The SMILES string of the molecule is COCCNCCOc1cccc2c1OC(C)(C)C2. The molecule has 2 rings (SSSR count). The number of nitrogens with one attached hydrogen (secondary N) is 1. The molecule has 1 aromatic rings. The van der Waals surface area contributed by atoms with E-state index in [0.29, 0.717) is 6.61 Å². The van der Waals surface area contributed by atoms with E-state index in [4.69, 9.17) is 14.2 Å². The van der Waals surface area contributed by atoms with Crippen molar-refractivity contribution in [2.24, 2.45) is 0 Å². The third kappa shape index (κ3) is 3.85. The van der Waals surface area contributed by atoms with Gasteiger partial charge in [0.1, 0.15) is 12.2 Å². The van der Waals surface area contributed by atoms with Gasteiger partial charge in [-0.05, 0) is 19.9 Å². The van der Waals surface area contributed by atoms with Crippen molar-refractivity contribution in [1.82, 2.24) is 5.32 Å². The third-order valence-corrected chi connectivity index (χ3v) is 3.07. The number of methoxy groups -OCH3 is 1. The quantitative estimate of drug-likeness (QED) is 0.766. The third-order valence-electron chi connectivity index (χ3n) is 3.07. The van der Waals surface area contributed by atoms with Gasteiger partial charge >= 0.3 is 0 Å². The highest BCUT2D eigenvalue weighted by Gasteiger charge is 2.32. The van der Waals surface area contributed by atoms with Gasteiger partial charge in [0, 0.05) is 32.2 Å². The summed E-state index contributed by atoms with van der Waals surface area (Å²) in [6.07, 6.45) is 0.936. The summed E-state index contributed by atoms with van der Waals surface area (Å²) < 4.78 is 16.7. The van der Waals surface area contributed by atoms with Crippen molar-refractivity contribution >= 4 is 0 Å². The number of ether oxygens (including phenoxy) is 3. The molecule has 0 aliphatic carbocycles. The predicted octanol–water partition coefficient (Wildman–Crippen LogP) is 2.01. The Morgan fingerprint density at radius 3 is 2.84 bits per heavy atom. The molecular formula is C15H23NO3. The van der Waals surface area contributed by atoms with Crippen LogP contribution in [0, 0.1) is 0 Å². The standard InChI is InChI=1S/C15H23NO3/c1-15(2)11-12-5-4-6-13(14(12)19-15)18-10-8-16-7-9-17-3/h4-6,16H,7-11H2,1-3H3. The maximum atomic E-state index is 5.96. The van der Waals surface area contributed by atoms with Gasteiger partial charge in [-0.1, -0.05) is 12.1 Å². The van der Waals surface area contributed by atoms with Crippen LogP contribution >= 0.6 is 0 Å². The molecule has 0 spiro atoms. The minimum Gasteiger partial charge on any atom is -0.488 e. The van der Waals surface area contributed by atoms with Crippen molar-refractivity contribution in [2.75, 3.05) is 33.4 Å². The molecule has 1 aromatic carbocycles. The average Bonchev–Trinajstić information content (AvgIpc) is 2.68. The highest BCUT2D eigenvalue weighted by atomic mass is 16.5. The Morgan fingerprint density at radius 2 is 2.05 bits per heavy atom. The largest absolute Gasteiger partial charge is 0.488 e. The predicted molar refractivity (Wildman–Crippen MR) is 75.1 cm³/mol. The summed E-state index contributed by atoms with van der Waals surface area (Å²) in [4.78, 5) is 0. The van der Waals surface area contributed by atoms with E-state index in [9.17, 15) is 0 Å². The Bertz CT molecular complexity index is 418. The number of rotatable bonds is 7. The minimum absolute atomic E-state index is 0.126. The van der Waals surface area contributed by atoms with Gasteiger partial charge in [-0.25, -0.2) is 0 Å². The van der Waals surface area contributed by atoms with Crippen molar-refractivity contribution < 1.29 is 14.2 Å². The zero-order valence-corrected chi connectivity index (χ0v) is 12.0. The van der Waals surface area contributed by atoms with Gasteiger partial charge in [0.15, 0.2) is 11.5 Å². The van der Waals surface area contributed by atoms with Crippen molar-refractivity contribution in [3.05, 3.63) is 23.8 Å². The average molecular weight is 265 g/mol. The van der Waals surface area contributed by atoms with E-state index in [-0.39, 0.29) is 5.60 Å². The van der Waals surface area contributed by atoms with Gasteiger partial charge in [-0.3, -0.25) is 0 Å². The first-order chi connectivity index (χ1) is 9.12. The summed E-state index contributed by atoms with van der Waals surface area (Å²) in [5, 5.41) is 3.25. The number of fused-ring (bicyclic) bond motifs is 1. The maximum Gasteiger partial charge on any atom is 0.165 e. The van der Waals surface area contributed by atoms with E-state index >= 15 is 0 Å². The fourth-order valence-electron chi connectivity index (χ4n) is 2.23. The molecule has 0 saturated heterocycles. The summed E-state index contributed by atoms with van der Waals surface area (Å²) in [7, 11) is 1.70. The molecule has 0 aromatic heterocycles. The van der Waals surface area contributed by atoms with Crippen molar-refractivity contribution in [2.45, 2.75) is 25.9 Å². The number of para-hydroxylation sites is 1. The normalized spacial score (nSPS) is 15.9. The fraction of sp³-hybridized carbons (Fsp3) is 0.600. The second kappa shape index (κ2) is 6.26. The molecule has 4 nitrogen and oxygen atoms in total. The molecule has 0 fully saturated rings. The number of hydrogen-bond acceptors (Lipinski definition) is 4. The van der Waals surface area contributed by atoms with Gasteiger partial charge in [0.05, 0.1) is 6.61 Å². The van der Waals surface area contributed by atoms with Crippen LogP contribution in [0.15, 0.2) is 18.2 Å². The van der Waals surface area contributed by atoms with Crippen molar-refractivity contribution in [3.63, 3.8) is 0 Å². The van der Waals surface area contributed by atoms with Crippen LogP contribution in [0.5, 0.6) is 11.5 Å². The van der Waals surface area contributed by atoms with Gasteiger partial charge in [-0.15, -0.1) is 0 Å². The van der Waals surface area contributed by atoms with E-state index in [2.05, 4.69) is 25.2 Å². The summed E-state index contributed by atoms with van der Waals surface area (Å²) >= 11 is 0. The first-order valence-corrected chi connectivity index (χ1v) is 6.76. The zero-order chi connectivity index (χ0) is 13.7. The highest BCUT2D eigenvalue weighted by molar-refractivity contribution is 5.50. The summed E-state index contributed by atoms with van der Waals surface area (Å²) in [6.45, 7) is 7.20. The fourth-order valence-corrected chi connectivity index (χ4v) is 2.23. The second-order valence-electron chi connectivity index (χ2n) is 5.37. The lowest BCUT2D eigenvalue weighted by Gasteiger charge is -2.18. The van der Waals surface area contributed by atoms with Crippen LogP contribution in [0.2, 0.25) is 0 Å². The molecule has 1 aliphatic rings. The Morgan fingerprint density at radius 1 is 1.26 bits per heavy atom. The molecule has 0 unspecified atom stereocenters. The van der Waals surface area contributed by atoms with E-state index in [1.54, 1.807) is 7.11 Å². The summed E-state index contributed by atoms with van der Waals surface area (Å²) in [5.41, 5.74) is 1.10. The van der Waals surface area contributed by atoms with E-state index in [1.165, 1.54) is 5.56 Å². The first kappa shape index (κ1) is 14.2. The van der Waals surface area contributed by atoms with Crippen molar-refractivity contribution in [3.8, 4) is 11.5 Å². The Balaban J connectivity index is 1.84. The van der Waals surface area contributed by atoms with E-state index < -0.39 is 0 Å². The zero-order valence-electron chi connectivity index (χ0n) is 12.0. The Hall–Kier alpha value is -1.26. The van der Waals surface area contributed by atoms with E-state index in [1.807, 2.05) is 12.1 Å². The summed E-state index contributed by atoms with van der Waals surface area (Å²) in [6, 6.07) is 6.10. The number of benzene rings is 1. The molecule has 1 heterocycles. The first-order valence-electron chi connectivity index (χ1n) is 6.76. The van der Waals surface area contributed by atoms with Gasteiger partial charge in [0.25, 0.3) is 0 Å². The lowest BCUT2D eigenvalue weighted by atomic mass is 10.0. The van der Waals surface area contributed by atoms with Crippen LogP contribution in [-0.2, 0) is 11.2 Å². The molecule has 0 atom stereocenters. The molecule has 0 bridgehead atoms. The minimum atomic E-state index is -0.126. The van der Waals surface area contributed by atoms with Gasteiger partial charge in [0.2, 0.25) is 0 Å². The molecule has 1 N–H and O–H groups in total. The molecule has 19 heavy (non-hydrogen) atoms. The van der Waals surface area contributed by atoms with Crippen molar-refractivity contribution in [1.29, 1.82) is 0 Å². The molecule has 4 heteroatoms. The van der Waals surface area contributed by atoms with Crippen LogP contribution in [0.25, 0.3) is 0 Å². The molecular weight excluding hydrogens is 242 g/mol. The topological polar surface area (TPSA) is 39.7 Å². The Kier molecular flexibility index (Phi) is 4.66. The monoisotopic (exact) mass is 265 g/mol. The lowest BCUT2D eigenvalue weighted by Crippen LogP contribution is -2.25. The molecule has 0 saturated carbocycles. The maximum absolute atomic E-state index is 5.96. The smallest absolute Gasteiger partial charge is 0.165 e. The van der Waals surface area contributed by atoms with Crippen LogP contribution in [-0.4, -0.2) is 39.0 Å².